The fourth-order valence-electron chi connectivity index (χ4n) is 3.54. The molecular formula is C20H25N7O3S. The number of hydrogen-bond donors (Lipinski definition) is 1. The van der Waals surface area contributed by atoms with Gasteiger partial charge in [-0.3, -0.25) is 9.52 Å². The molecule has 1 N–H and O–H groups in total. The average Bonchev–Trinajstić information content (AvgIpc) is 3.08. The first kappa shape index (κ1) is 21.0. The fourth-order valence-corrected chi connectivity index (χ4v) is 4.76. The van der Waals surface area contributed by atoms with Crippen molar-refractivity contribution in [1.82, 2.24) is 29.7 Å². The summed E-state index contributed by atoms with van der Waals surface area (Å²) in [5, 5.41) is 12.1. The highest BCUT2D eigenvalue weighted by molar-refractivity contribution is 7.92. The summed E-state index contributed by atoms with van der Waals surface area (Å²) < 4.78 is 32.4. The molecule has 1 amide bonds. The molecule has 164 valence electrons. The van der Waals surface area contributed by atoms with Gasteiger partial charge >= 0.3 is 0 Å². The zero-order valence-corrected chi connectivity index (χ0v) is 18.9. The number of amides is 1. The molecule has 2 aromatic heterocycles. The van der Waals surface area contributed by atoms with Crippen LogP contribution in [0.5, 0.6) is 0 Å². The predicted octanol–water partition coefficient (Wildman–Crippen LogP) is 2.07. The fraction of sp³-hybridized carbons (Fsp3) is 0.400. The summed E-state index contributed by atoms with van der Waals surface area (Å²) in [4.78, 5) is 13.7. The number of anilines is 1. The molecule has 0 spiro atoms. The van der Waals surface area contributed by atoms with E-state index in [4.69, 9.17) is 0 Å². The van der Waals surface area contributed by atoms with Crippen LogP contribution in [0.3, 0.4) is 0 Å². The summed E-state index contributed by atoms with van der Waals surface area (Å²) in [6, 6.07) is 7.05. The number of tetrazole rings is 1. The number of carbonyl (C=O) groups excluding carboxylic acids is 1. The molecule has 10 nitrogen and oxygen atoms in total. The lowest BCUT2D eigenvalue weighted by molar-refractivity contribution is 0.0818. The average molecular weight is 444 g/mol. The van der Waals surface area contributed by atoms with Crippen LogP contribution < -0.4 is 4.72 Å². The van der Waals surface area contributed by atoms with Gasteiger partial charge in [0.05, 0.1) is 11.7 Å². The highest BCUT2D eigenvalue weighted by atomic mass is 32.2. The van der Waals surface area contributed by atoms with Gasteiger partial charge in [0.15, 0.2) is 5.82 Å². The van der Waals surface area contributed by atoms with Gasteiger partial charge in [0, 0.05) is 32.9 Å². The van der Waals surface area contributed by atoms with Crippen LogP contribution in [0.1, 0.15) is 35.4 Å². The Morgan fingerprint density at radius 2 is 2.00 bits per heavy atom. The van der Waals surface area contributed by atoms with E-state index in [2.05, 4.69) is 27.2 Å². The molecule has 0 saturated heterocycles. The third-order valence-corrected chi connectivity index (χ3v) is 6.86. The number of rotatable bonds is 6. The third kappa shape index (κ3) is 3.80. The maximum absolute atomic E-state index is 13.2. The van der Waals surface area contributed by atoms with E-state index in [9.17, 15) is 13.2 Å². The van der Waals surface area contributed by atoms with Crippen molar-refractivity contribution in [3.63, 3.8) is 0 Å². The standard InChI is InChI=1S/C20H25N7O3S/c1-12-7-6-8-15(19-21-23-24-27(19)16-9-13(16)2)18(12)22-31(29,30)14-10-17(26(5)11-14)20(28)25(3)4/h6-8,10-11,13,16,22H,9H2,1-5H3/t13-,16-/m1/s1. The smallest absolute Gasteiger partial charge is 0.269 e. The SMILES string of the molecule is Cc1cccc(-c2nnnn2[C@@H]2C[C@H]2C)c1NS(=O)(=O)c1cc(C(=O)N(C)C)n(C)c1. The van der Waals surface area contributed by atoms with Gasteiger partial charge in [-0.1, -0.05) is 19.1 Å². The molecule has 31 heavy (non-hydrogen) atoms. The summed E-state index contributed by atoms with van der Waals surface area (Å²) in [6.45, 7) is 3.94. The number of para-hydroxylation sites is 1. The Morgan fingerprint density at radius 1 is 1.29 bits per heavy atom. The Kier molecular flexibility index (Phi) is 5.08. The Bertz CT molecular complexity index is 1260. The van der Waals surface area contributed by atoms with Crippen molar-refractivity contribution in [2.24, 2.45) is 13.0 Å². The zero-order chi connectivity index (χ0) is 22.5. The number of carbonyl (C=O) groups is 1. The predicted molar refractivity (Wildman–Crippen MR) is 115 cm³/mol. The molecule has 11 heteroatoms. The number of nitrogens with one attached hydrogen (secondary N) is 1. The number of nitrogens with zero attached hydrogens (tertiary/aromatic N) is 6. The van der Waals surface area contributed by atoms with Crippen molar-refractivity contribution >= 4 is 21.6 Å². The summed E-state index contributed by atoms with van der Waals surface area (Å²) in [6.07, 6.45) is 2.41. The molecule has 4 rings (SSSR count). The van der Waals surface area contributed by atoms with Crippen molar-refractivity contribution in [1.29, 1.82) is 0 Å². The Labute approximate surface area is 180 Å². The molecule has 0 bridgehead atoms. The summed E-state index contributed by atoms with van der Waals surface area (Å²) in [5.74, 6) is 0.717. The van der Waals surface area contributed by atoms with Crippen LogP contribution in [-0.4, -0.2) is 58.1 Å². The minimum absolute atomic E-state index is 0.00445. The second-order valence-electron chi connectivity index (χ2n) is 8.20. The summed E-state index contributed by atoms with van der Waals surface area (Å²) in [5.41, 5.74) is 2.03. The van der Waals surface area contributed by atoms with Crippen LogP contribution >= 0.6 is 0 Å². The van der Waals surface area contributed by atoms with Crippen LogP contribution in [-0.2, 0) is 17.1 Å². The van der Waals surface area contributed by atoms with E-state index in [0.29, 0.717) is 23.0 Å². The number of hydrogen-bond acceptors (Lipinski definition) is 6. The van der Waals surface area contributed by atoms with Crippen LogP contribution in [0.25, 0.3) is 11.4 Å². The zero-order valence-electron chi connectivity index (χ0n) is 18.1. The number of sulfonamides is 1. The highest BCUT2D eigenvalue weighted by Crippen LogP contribution is 2.44. The summed E-state index contributed by atoms with van der Waals surface area (Å²) in [7, 11) is 0.915. The van der Waals surface area contributed by atoms with Crippen LogP contribution in [0.15, 0.2) is 35.4 Å². The lowest BCUT2D eigenvalue weighted by Crippen LogP contribution is -2.23. The monoisotopic (exact) mass is 443 g/mol. The Hall–Kier alpha value is -3.21. The van der Waals surface area contributed by atoms with E-state index >= 15 is 0 Å². The van der Waals surface area contributed by atoms with Crippen molar-refractivity contribution in [2.45, 2.75) is 31.2 Å². The van der Waals surface area contributed by atoms with Crippen molar-refractivity contribution in [3.8, 4) is 11.4 Å². The Balaban J connectivity index is 1.73. The minimum Gasteiger partial charge on any atom is -0.345 e. The van der Waals surface area contributed by atoms with Gasteiger partial charge in [-0.05, 0) is 47.4 Å². The van der Waals surface area contributed by atoms with Crippen molar-refractivity contribution in [2.75, 3.05) is 18.8 Å². The number of aryl methyl sites for hydroxylation is 2. The molecule has 0 unspecified atom stereocenters. The van der Waals surface area contributed by atoms with E-state index in [1.807, 2.05) is 19.1 Å². The number of aromatic nitrogens is 5. The first-order valence-corrected chi connectivity index (χ1v) is 11.4. The van der Waals surface area contributed by atoms with Gasteiger partial charge in [0.1, 0.15) is 10.6 Å². The summed E-state index contributed by atoms with van der Waals surface area (Å²) >= 11 is 0. The molecular weight excluding hydrogens is 418 g/mol. The molecule has 1 aliphatic rings. The molecule has 1 aliphatic carbocycles. The topological polar surface area (TPSA) is 115 Å². The molecule has 2 atom stereocenters. The van der Waals surface area contributed by atoms with Crippen molar-refractivity contribution in [3.05, 3.63) is 41.7 Å². The molecule has 2 heterocycles. The second kappa shape index (κ2) is 7.49. The van der Waals surface area contributed by atoms with E-state index in [0.717, 1.165) is 12.0 Å². The largest absolute Gasteiger partial charge is 0.345 e. The van der Waals surface area contributed by atoms with Crippen LogP contribution in [0.2, 0.25) is 0 Å². The first-order valence-electron chi connectivity index (χ1n) is 9.89. The van der Waals surface area contributed by atoms with Crippen molar-refractivity contribution < 1.29 is 13.2 Å². The lowest BCUT2D eigenvalue weighted by Gasteiger charge is -2.14. The number of benzene rings is 1. The molecule has 3 aromatic rings. The maximum Gasteiger partial charge on any atom is 0.269 e. The first-order chi connectivity index (χ1) is 14.6. The second-order valence-corrected chi connectivity index (χ2v) is 9.88. The molecule has 0 radical (unpaired) electrons. The van der Waals surface area contributed by atoms with E-state index < -0.39 is 10.0 Å². The Morgan fingerprint density at radius 3 is 2.65 bits per heavy atom. The lowest BCUT2D eigenvalue weighted by atomic mass is 10.1. The van der Waals surface area contributed by atoms with Gasteiger partial charge < -0.3 is 9.47 Å². The minimum atomic E-state index is -3.96. The van der Waals surface area contributed by atoms with Gasteiger partial charge in [0.25, 0.3) is 15.9 Å². The van der Waals surface area contributed by atoms with Gasteiger partial charge in [-0.2, -0.15) is 0 Å². The van der Waals surface area contributed by atoms with Gasteiger partial charge in [0.2, 0.25) is 0 Å². The van der Waals surface area contributed by atoms with Crippen LogP contribution in [0, 0.1) is 12.8 Å². The quantitative estimate of drug-likeness (QED) is 0.624. The molecule has 1 aromatic carbocycles. The molecule has 1 saturated carbocycles. The van der Waals surface area contributed by atoms with E-state index in [1.54, 1.807) is 31.9 Å². The maximum atomic E-state index is 13.2. The third-order valence-electron chi connectivity index (χ3n) is 5.54. The highest BCUT2D eigenvalue weighted by Gasteiger charge is 2.38. The molecule has 1 fully saturated rings. The normalized spacial score (nSPS) is 18.1. The van der Waals surface area contributed by atoms with E-state index in [1.165, 1.54) is 21.7 Å². The van der Waals surface area contributed by atoms with Gasteiger partial charge in [-0.15, -0.1) is 5.10 Å². The molecule has 0 aliphatic heterocycles. The van der Waals surface area contributed by atoms with Gasteiger partial charge in [-0.25, -0.2) is 13.1 Å². The van der Waals surface area contributed by atoms with Crippen LogP contribution in [0.4, 0.5) is 5.69 Å². The van der Waals surface area contributed by atoms with E-state index in [-0.39, 0.29) is 22.5 Å².